The highest BCUT2D eigenvalue weighted by Crippen LogP contribution is 2.21. The van der Waals surface area contributed by atoms with Crippen LogP contribution in [0.1, 0.15) is 43.6 Å². The third-order valence-electron chi connectivity index (χ3n) is 3.82. The first-order valence-corrected chi connectivity index (χ1v) is 7.81. The van der Waals surface area contributed by atoms with E-state index in [9.17, 15) is 0 Å². The van der Waals surface area contributed by atoms with Gasteiger partial charge in [-0.3, -0.25) is 4.57 Å². The van der Waals surface area contributed by atoms with Crippen LogP contribution in [0.4, 0.5) is 0 Å². The highest BCUT2D eigenvalue weighted by molar-refractivity contribution is 5.25. The Bertz CT molecular complexity index is 585. The van der Waals surface area contributed by atoms with Gasteiger partial charge in [0.15, 0.2) is 0 Å². The Morgan fingerprint density at radius 1 is 1.14 bits per heavy atom. The van der Waals surface area contributed by atoms with Gasteiger partial charge in [-0.15, -0.1) is 0 Å². The molecule has 112 valence electrons. The summed E-state index contributed by atoms with van der Waals surface area (Å²) in [6, 6.07) is 0. The van der Waals surface area contributed by atoms with E-state index in [2.05, 4.69) is 34.1 Å². The summed E-state index contributed by atoms with van der Waals surface area (Å²) in [4.78, 5) is 13.5. The fraction of sp³-hybridized carbons (Fsp3) is 0.562. The van der Waals surface area contributed by atoms with Crippen LogP contribution >= 0.6 is 0 Å². The summed E-state index contributed by atoms with van der Waals surface area (Å²) < 4.78 is 2.04. The average molecular weight is 285 g/mol. The second-order valence-corrected chi connectivity index (χ2v) is 6.13. The molecule has 1 aliphatic carbocycles. The van der Waals surface area contributed by atoms with Crippen LogP contribution in [0.2, 0.25) is 0 Å². The van der Waals surface area contributed by atoms with Gasteiger partial charge in [0, 0.05) is 30.2 Å². The molecule has 1 N–H and O–H groups in total. The van der Waals surface area contributed by atoms with Crippen LogP contribution in [0.25, 0.3) is 5.95 Å². The van der Waals surface area contributed by atoms with Crippen molar-refractivity contribution in [2.24, 2.45) is 5.92 Å². The smallest absolute Gasteiger partial charge is 0.235 e. The van der Waals surface area contributed by atoms with Crippen LogP contribution in [0.5, 0.6) is 0 Å². The van der Waals surface area contributed by atoms with Crippen LogP contribution in [0.3, 0.4) is 0 Å². The SMILES string of the molecule is CC(C)CNCc1cnc(-n2cnc3c2CCCC3)nc1. The molecule has 0 bridgehead atoms. The van der Waals surface area contributed by atoms with E-state index in [1.807, 2.05) is 23.3 Å². The molecule has 2 heterocycles. The molecular formula is C16H23N5. The maximum absolute atomic E-state index is 4.50. The van der Waals surface area contributed by atoms with E-state index in [-0.39, 0.29) is 0 Å². The topological polar surface area (TPSA) is 55.6 Å². The van der Waals surface area contributed by atoms with Crippen molar-refractivity contribution in [3.8, 4) is 5.95 Å². The molecule has 21 heavy (non-hydrogen) atoms. The molecule has 3 rings (SSSR count). The van der Waals surface area contributed by atoms with E-state index in [1.165, 1.54) is 24.2 Å². The third kappa shape index (κ3) is 3.29. The predicted molar refractivity (Wildman–Crippen MR) is 82.3 cm³/mol. The molecule has 5 heteroatoms. The normalized spacial score (nSPS) is 14.4. The molecule has 2 aromatic rings. The molecule has 1 aliphatic rings. The lowest BCUT2D eigenvalue weighted by atomic mass is 10.0. The highest BCUT2D eigenvalue weighted by Gasteiger charge is 2.17. The lowest BCUT2D eigenvalue weighted by Gasteiger charge is -2.13. The first-order chi connectivity index (χ1) is 10.2. The van der Waals surface area contributed by atoms with Gasteiger partial charge in [-0.25, -0.2) is 15.0 Å². The van der Waals surface area contributed by atoms with Crippen LogP contribution < -0.4 is 5.32 Å². The Balaban J connectivity index is 1.71. The number of nitrogens with zero attached hydrogens (tertiary/aromatic N) is 4. The number of hydrogen-bond donors (Lipinski definition) is 1. The molecule has 0 saturated carbocycles. The maximum Gasteiger partial charge on any atom is 0.235 e. The van der Waals surface area contributed by atoms with Gasteiger partial charge >= 0.3 is 0 Å². The molecule has 0 radical (unpaired) electrons. The molecule has 0 aliphatic heterocycles. The molecule has 0 fully saturated rings. The Kier molecular flexibility index (Phi) is 4.29. The lowest BCUT2D eigenvalue weighted by molar-refractivity contribution is 0.551. The number of aromatic nitrogens is 4. The van der Waals surface area contributed by atoms with E-state index in [1.54, 1.807) is 0 Å². The Morgan fingerprint density at radius 3 is 2.67 bits per heavy atom. The van der Waals surface area contributed by atoms with Crippen molar-refractivity contribution in [2.75, 3.05) is 6.54 Å². The Labute approximate surface area is 125 Å². The Hall–Kier alpha value is -1.75. The maximum atomic E-state index is 4.50. The Morgan fingerprint density at radius 2 is 1.90 bits per heavy atom. The largest absolute Gasteiger partial charge is 0.312 e. The molecular weight excluding hydrogens is 262 g/mol. The number of fused-ring (bicyclic) bond motifs is 1. The van der Waals surface area contributed by atoms with Crippen LogP contribution in [-0.2, 0) is 19.4 Å². The van der Waals surface area contributed by atoms with Gasteiger partial charge < -0.3 is 5.32 Å². The van der Waals surface area contributed by atoms with E-state index >= 15 is 0 Å². The average Bonchev–Trinajstić information content (AvgIpc) is 2.92. The van der Waals surface area contributed by atoms with E-state index in [0.29, 0.717) is 5.92 Å². The van der Waals surface area contributed by atoms with Gasteiger partial charge in [-0.05, 0) is 38.1 Å². The number of imidazole rings is 1. The molecule has 0 amide bonds. The summed E-state index contributed by atoms with van der Waals surface area (Å²) in [6.45, 7) is 6.24. The molecule has 0 aromatic carbocycles. The van der Waals surface area contributed by atoms with Crippen molar-refractivity contribution in [1.82, 2.24) is 24.8 Å². The highest BCUT2D eigenvalue weighted by atomic mass is 15.2. The summed E-state index contributed by atoms with van der Waals surface area (Å²) in [7, 11) is 0. The van der Waals surface area contributed by atoms with Gasteiger partial charge in [0.05, 0.1) is 5.69 Å². The second-order valence-electron chi connectivity index (χ2n) is 6.13. The van der Waals surface area contributed by atoms with Crippen LogP contribution in [0, 0.1) is 5.92 Å². The van der Waals surface area contributed by atoms with Crippen LogP contribution in [-0.4, -0.2) is 26.1 Å². The standard InChI is InChI=1S/C16H23N5/c1-12(2)7-17-8-13-9-18-16(19-10-13)21-11-20-14-5-3-4-6-15(14)21/h9-12,17H,3-8H2,1-2H3. The van der Waals surface area contributed by atoms with Crippen molar-refractivity contribution in [1.29, 1.82) is 0 Å². The van der Waals surface area contributed by atoms with Crippen molar-refractivity contribution in [3.63, 3.8) is 0 Å². The van der Waals surface area contributed by atoms with Crippen LogP contribution in [0.15, 0.2) is 18.7 Å². The molecule has 0 unspecified atom stereocenters. The number of aryl methyl sites for hydroxylation is 1. The van der Waals surface area contributed by atoms with Gasteiger partial charge in [-0.1, -0.05) is 13.8 Å². The molecule has 5 nitrogen and oxygen atoms in total. The number of rotatable bonds is 5. The minimum atomic E-state index is 0.655. The summed E-state index contributed by atoms with van der Waals surface area (Å²) in [6.07, 6.45) is 10.3. The summed E-state index contributed by atoms with van der Waals surface area (Å²) in [5.74, 6) is 1.39. The monoisotopic (exact) mass is 285 g/mol. The fourth-order valence-electron chi connectivity index (χ4n) is 2.71. The third-order valence-corrected chi connectivity index (χ3v) is 3.82. The van der Waals surface area contributed by atoms with Gasteiger partial charge in [-0.2, -0.15) is 0 Å². The summed E-state index contributed by atoms with van der Waals surface area (Å²) in [5, 5.41) is 3.41. The second kappa shape index (κ2) is 6.35. The van der Waals surface area contributed by atoms with E-state index < -0.39 is 0 Å². The van der Waals surface area contributed by atoms with Gasteiger partial charge in [0.2, 0.25) is 5.95 Å². The predicted octanol–water partition coefficient (Wildman–Crippen LogP) is 2.29. The molecule has 2 aromatic heterocycles. The summed E-state index contributed by atoms with van der Waals surface area (Å²) in [5.41, 5.74) is 3.62. The van der Waals surface area contributed by atoms with Gasteiger partial charge in [0.25, 0.3) is 0 Å². The first kappa shape index (κ1) is 14.2. The zero-order valence-electron chi connectivity index (χ0n) is 12.8. The zero-order valence-corrected chi connectivity index (χ0v) is 12.8. The zero-order chi connectivity index (χ0) is 14.7. The quantitative estimate of drug-likeness (QED) is 0.915. The van der Waals surface area contributed by atoms with Crippen molar-refractivity contribution < 1.29 is 0 Å². The minimum absolute atomic E-state index is 0.655. The van der Waals surface area contributed by atoms with Crippen molar-refractivity contribution >= 4 is 0 Å². The number of hydrogen-bond acceptors (Lipinski definition) is 4. The molecule has 0 atom stereocenters. The lowest BCUT2D eigenvalue weighted by Crippen LogP contribution is -2.19. The van der Waals surface area contributed by atoms with E-state index in [0.717, 1.165) is 37.4 Å². The number of nitrogens with one attached hydrogen (secondary N) is 1. The van der Waals surface area contributed by atoms with Crippen molar-refractivity contribution in [3.05, 3.63) is 35.7 Å². The van der Waals surface area contributed by atoms with Crippen molar-refractivity contribution in [2.45, 2.75) is 46.1 Å². The van der Waals surface area contributed by atoms with Gasteiger partial charge in [0.1, 0.15) is 6.33 Å². The minimum Gasteiger partial charge on any atom is -0.312 e. The molecule has 0 saturated heterocycles. The fourth-order valence-corrected chi connectivity index (χ4v) is 2.71. The first-order valence-electron chi connectivity index (χ1n) is 7.81. The summed E-state index contributed by atoms with van der Waals surface area (Å²) >= 11 is 0. The van der Waals surface area contributed by atoms with E-state index in [4.69, 9.17) is 0 Å². The molecule has 0 spiro atoms.